The number of aryl methyl sites for hydroxylation is 1. The molecule has 0 aliphatic rings. The van der Waals surface area contributed by atoms with E-state index in [2.05, 4.69) is 49.4 Å². The van der Waals surface area contributed by atoms with Gasteiger partial charge in [-0.15, -0.1) is 0 Å². The molecule has 0 spiro atoms. The highest BCUT2D eigenvalue weighted by Gasteiger charge is 2.09. The summed E-state index contributed by atoms with van der Waals surface area (Å²) in [4.78, 5) is 23.6. The molecule has 0 bridgehead atoms. The van der Waals surface area contributed by atoms with Crippen LogP contribution in [0.4, 0.5) is 0 Å². The van der Waals surface area contributed by atoms with Crippen LogP contribution in [0.5, 0.6) is 5.75 Å². The van der Waals surface area contributed by atoms with Crippen LogP contribution in [0, 0.1) is 10.5 Å². The molecule has 0 fully saturated rings. The highest BCUT2D eigenvalue weighted by atomic mass is 127. The first-order valence-corrected chi connectivity index (χ1v) is 8.56. The van der Waals surface area contributed by atoms with Gasteiger partial charge in [0.25, 0.3) is 11.8 Å². The van der Waals surface area contributed by atoms with Gasteiger partial charge in [0.1, 0.15) is 5.75 Å². The summed E-state index contributed by atoms with van der Waals surface area (Å²) in [5, 5.41) is 0. The molecule has 0 saturated heterocycles. The van der Waals surface area contributed by atoms with Crippen LogP contribution >= 0.6 is 38.5 Å². The van der Waals surface area contributed by atoms with Crippen LogP contribution in [0.3, 0.4) is 0 Å². The number of carbonyl (C=O) groups is 2. The number of ether oxygens (including phenoxy) is 1. The minimum Gasteiger partial charge on any atom is -0.484 e. The fraction of sp³-hybridized carbons (Fsp3) is 0.125. The predicted octanol–water partition coefficient (Wildman–Crippen LogP) is 3.20. The lowest BCUT2D eigenvalue weighted by Crippen LogP contribution is -2.43. The molecule has 7 heteroatoms. The number of rotatable bonds is 4. The average molecular weight is 489 g/mol. The second-order valence-corrected chi connectivity index (χ2v) is 6.79. The molecule has 5 nitrogen and oxygen atoms in total. The van der Waals surface area contributed by atoms with E-state index < -0.39 is 5.91 Å². The lowest BCUT2D eigenvalue weighted by molar-refractivity contribution is -0.123. The zero-order valence-corrected chi connectivity index (χ0v) is 16.0. The van der Waals surface area contributed by atoms with Crippen LogP contribution in [-0.2, 0) is 4.79 Å². The first-order valence-electron chi connectivity index (χ1n) is 6.69. The topological polar surface area (TPSA) is 67.4 Å². The van der Waals surface area contributed by atoms with Crippen LogP contribution in [0.2, 0.25) is 0 Å². The van der Waals surface area contributed by atoms with E-state index in [1.807, 2.05) is 25.1 Å². The van der Waals surface area contributed by atoms with Crippen molar-refractivity contribution in [1.82, 2.24) is 10.9 Å². The SMILES string of the molecule is Cc1ccc(C(=O)NNC(=O)COc2ccc(Br)cc2)cc1I. The van der Waals surface area contributed by atoms with Crippen LogP contribution in [0.15, 0.2) is 46.9 Å². The fourth-order valence-electron chi connectivity index (χ4n) is 1.65. The molecule has 2 aromatic carbocycles. The molecule has 0 radical (unpaired) electrons. The van der Waals surface area contributed by atoms with Gasteiger partial charge >= 0.3 is 0 Å². The summed E-state index contributed by atoms with van der Waals surface area (Å²) in [7, 11) is 0. The van der Waals surface area contributed by atoms with Crippen molar-refractivity contribution in [3.63, 3.8) is 0 Å². The number of hydrogen-bond acceptors (Lipinski definition) is 3. The number of amides is 2. The highest BCUT2D eigenvalue weighted by molar-refractivity contribution is 14.1. The molecule has 0 aliphatic heterocycles. The van der Waals surface area contributed by atoms with E-state index in [1.54, 1.807) is 24.3 Å². The molecular weight excluding hydrogens is 475 g/mol. The van der Waals surface area contributed by atoms with Gasteiger partial charge in [-0.2, -0.15) is 0 Å². The van der Waals surface area contributed by atoms with E-state index >= 15 is 0 Å². The quantitative estimate of drug-likeness (QED) is 0.513. The maximum absolute atomic E-state index is 11.9. The van der Waals surface area contributed by atoms with Crippen molar-refractivity contribution in [1.29, 1.82) is 0 Å². The highest BCUT2D eigenvalue weighted by Crippen LogP contribution is 2.16. The Morgan fingerprint density at radius 2 is 1.83 bits per heavy atom. The Morgan fingerprint density at radius 3 is 2.48 bits per heavy atom. The molecule has 0 unspecified atom stereocenters. The van der Waals surface area contributed by atoms with Crippen molar-refractivity contribution in [2.75, 3.05) is 6.61 Å². The largest absolute Gasteiger partial charge is 0.484 e. The molecule has 0 heterocycles. The van der Waals surface area contributed by atoms with Gasteiger partial charge in [0.2, 0.25) is 0 Å². The third-order valence-electron chi connectivity index (χ3n) is 2.93. The van der Waals surface area contributed by atoms with Gasteiger partial charge in [0.05, 0.1) is 0 Å². The van der Waals surface area contributed by atoms with E-state index in [0.717, 1.165) is 13.6 Å². The summed E-state index contributed by atoms with van der Waals surface area (Å²) in [5.74, 6) is -0.245. The lowest BCUT2D eigenvalue weighted by atomic mass is 10.1. The second kappa shape index (κ2) is 8.30. The minimum atomic E-state index is -0.442. The Balaban J connectivity index is 1.80. The Labute approximate surface area is 156 Å². The molecular formula is C16H14BrIN2O3. The van der Waals surface area contributed by atoms with Crippen molar-refractivity contribution in [2.24, 2.45) is 0 Å². The third-order valence-corrected chi connectivity index (χ3v) is 4.62. The maximum Gasteiger partial charge on any atom is 0.276 e. The van der Waals surface area contributed by atoms with E-state index in [9.17, 15) is 9.59 Å². The number of hydrazine groups is 1. The molecule has 0 atom stereocenters. The van der Waals surface area contributed by atoms with Gasteiger partial charge in [-0.05, 0) is 71.5 Å². The standard InChI is InChI=1S/C16H14BrIN2O3/c1-10-2-3-11(8-14(10)18)16(22)20-19-15(21)9-23-13-6-4-12(17)5-7-13/h2-8H,9H2,1H3,(H,19,21)(H,20,22). The Hall–Kier alpha value is -1.61. The monoisotopic (exact) mass is 488 g/mol. The molecule has 2 N–H and O–H groups in total. The van der Waals surface area contributed by atoms with Gasteiger partial charge in [-0.1, -0.05) is 22.0 Å². The van der Waals surface area contributed by atoms with Crippen molar-refractivity contribution >= 4 is 50.3 Å². The molecule has 0 aliphatic carbocycles. The maximum atomic E-state index is 11.9. The predicted molar refractivity (Wildman–Crippen MR) is 99.1 cm³/mol. The van der Waals surface area contributed by atoms with Crippen molar-refractivity contribution < 1.29 is 14.3 Å². The van der Waals surface area contributed by atoms with Crippen LogP contribution in [-0.4, -0.2) is 18.4 Å². The molecule has 2 rings (SSSR count). The number of halogens is 2. The average Bonchev–Trinajstić information content (AvgIpc) is 2.54. The minimum absolute atomic E-state index is 0.187. The van der Waals surface area contributed by atoms with Gasteiger partial charge in [0, 0.05) is 13.6 Å². The van der Waals surface area contributed by atoms with E-state index in [4.69, 9.17) is 4.74 Å². The molecule has 23 heavy (non-hydrogen) atoms. The van der Waals surface area contributed by atoms with Crippen molar-refractivity contribution in [3.8, 4) is 5.75 Å². The zero-order chi connectivity index (χ0) is 16.8. The van der Waals surface area contributed by atoms with E-state index in [1.165, 1.54) is 0 Å². The summed E-state index contributed by atoms with van der Waals surface area (Å²) in [6.07, 6.45) is 0. The summed E-state index contributed by atoms with van der Waals surface area (Å²) in [5.41, 5.74) is 6.26. The molecule has 2 amide bonds. The number of hydrogen-bond donors (Lipinski definition) is 2. The lowest BCUT2D eigenvalue weighted by Gasteiger charge is -2.09. The normalized spacial score (nSPS) is 10.0. The van der Waals surface area contributed by atoms with Crippen molar-refractivity contribution in [2.45, 2.75) is 6.92 Å². The Kier molecular flexibility index (Phi) is 6.40. The summed E-state index contributed by atoms with van der Waals surface area (Å²) >= 11 is 5.47. The van der Waals surface area contributed by atoms with Gasteiger partial charge in [0.15, 0.2) is 6.61 Å². The summed E-state index contributed by atoms with van der Waals surface area (Å²) in [6, 6.07) is 12.4. The zero-order valence-electron chi connectivity index (χ0n) is 12.2. The van der Waals surface area contributed by atoms with Gasteiger partial charge in [-0.3, -0.25) is 20.4 Å². The molecule has 0 saturated carbocycles. The van der Waals surface area contributed by atoms with Gasteiger partial charge < -0.3 is 4.74 Å². The molecule has 0 aromatic heterocycles. The third kappa shape index (κ3) is 5.51. The first-order chi connectivity index (χ1) is 11.0. The number of nitrogens with one attached hydrogen (secondary N) is 2. The van der Waals surface area contributed by atoms with Gasteiger partial charge in [-0.25, -0.2) is 0 Å². The smallest absolute Gasteiger partial charge is 0.276 e. The second-order valence-electron chi connectivity index (χ2n) is 4.71. The Bertz CT molecular complexity index is 720. The van der Waals surface area contributed by atoms with Crippen molar-refractivity contribution in [3.05, 3.63) is 61.6 Å². The first kappa shape index (κ1) is 17.7. The van der Waals surface area contributed by atoms with Crippen LogP contribution < -0.4 is 15.6 Å². The molecule has 120 valence electrons. The number of benzene rings is 2. The summed E-state index contributed by atoms with van der Waals surface area (Å²) in [6.45, 7) is 1.78. The van der Waals surface area contributed by atoms with Crippen LogP contribution in [0.1, 0.15) is 15.9 Å². The van der Waals surface area contributed by atoms with Crippen LogP contribution in [0.25, 0.3) is 0 Å². The molecule has 2 aromatic rings. The Morgan fingerprint density at radius 1 is 1.13 bits per heavy atom. The van der Waals surface area contributed by atoms with E-state index in [-0.39, 0.29) is 12.5 Å². The fourth-order valence-corrected chi connectivity index (χ4v) is 2.43. The number of carbonyl (C=O) groups excluding carboxylic acids is 2. The van der Waals surface area contributed by atoms with E-state index in [0.29, 0.717) is 11.3 Å². The summed E-state index contributed by atoms with van der Waals surface area (Å²) < 4.78 is 7.22.